The fourth-order valence-electron chi connectivity index (χ4n) is 6.46. The van der Waals surface area contributed by atoms with Gasteiger partial charge < -0.3 is 25.4 Å². The van der Waals surface area contributed by atoms with E-state index in [0.29, 0.717) is 17.2 Å². The van der Waals surface area contributed by atoms with Crippen molar-refractivity contribution in [3.05, 3.63) is 65.7 Å². The highest BCUT2D eigenvalue weighted by Crippen LogP contribution is 2.66. The summed E-state index contributed by atoms with van der Waals surface area (Å²) < 4.78 is 33.7. The van der Waals surface area contributed by atoms with Crippen molar-refractivity contribution in [2.45, 2.75) is 103 Å². The van der Waals surface area contributed by atoms with E-state index in [-0.39, 0.29) is 41.6 Å². The summed E-state index contributed by atoms with van der Waals surface area (Å²) in [4.78, 5) is 27.9. The molecule has 0 aromatic heterocycles. The van der Waals surface area contributed by atoms with Gasteiger partial charge in [0.2, 0.25) is 0 Å². The Bertz CT molecular complexity index is 1270. The molecule has 1 aliphatic heterocycles. The van der Waals surface area contributed by atoms with Gasteiger partial charge in [-0.3, -0.25) is 9.59 Å². The third-order valence-corrected chi connectivity index (χ3v) is 8.81. The summed E-state index contributed by atoms with van der Waals surface area (Å²) in [6, 6.07) is 4.77. The predicted molar refractivity (Wildman–Crippen MR) is 154 cm³/mol. The maximum Gasteiger partial charge on any atom is 0.263 e. The van der Waals surface area contributed by atoms with E-state index in [1.807, 2.05) is 6.08 Å². The Kier molecular flexibility index (Phi) is 8.42. The van der Waals surface area contributed by atoms with Crippen LogP contribution in [0.25, 0.3) is 0 Å². The van der Waals surface area contributed by atoms with Crippen LogP contribution in [0.4, 0.5) is 8.78 Å². The zero-order chi connectivity index (χ0) is 30.3. The van der Waals surface area contributed by atoms with Crippen molar-refractivity contribution in [1.29, 1.82) is 0 Å². The number of allylic oxidation sites excluding steroid dienone is 2. The normalized spacial score (nSPS) is 26.4. The first-order valence-corrected chi connectivity index (χ1v) is 14.4. The Morgan fingerprint density at radius 3 is 2.54 bits per heavy atom. The number of aliphatic hydroxyl groups is 1. The maximum absolute atomic E-state index is 14.7. The quantitative estimate of drug-likeness (QED) is 0.262. The number of hydrogen-bond donors (Lipinski definition) is 3. The number of carbonyl (C=O) groups excluding carboxylic acids is 2. The molecule has 7 nitrogen and oxygen atoms in total. The van der Waals surface area contributed by atoms with Crippen molar-refractivity contribution in [3.63, 3.8) is 0 Å². The Morgan fingerprint density at radius 2 is 1.98 bits per heavy atom. The molecule has 3 fully saturated rings. The zero-order valence-corrected chi connectivity index (χ0v) is 24.9. The van der Waals surface area contributed by atoms with E-state index in [1.54, 1.807) is 52.8 Å². The van der Waals surface area contributed by atoms with Crippen LogP contribution in [0.5, 0.6) is 5.75 Å². The van der Waals surface area contributed by atoms with Gasteiger partial charge in [0.15, 0.2) is 17.2 Å². The fraction of sp³-hybridized carbons (Fsp3) is 0.562. The Labute approximate surface area is 241 Å². The van der Waals surface area contributed by atoms with Crippen LogP contribution in [0.3, 0.4) is 0 Å². The van der Waals surface area contributed by atoms with E-state index in [2.05, 4.69) is 22.1 Å². The topological polar surface area (TPSA) is 90.9 Å². The summed E-state index contributed by atoms with van der Waals surface area (Å²) in [5, 5.41) is 15.9. The molecule has 9 heteroatoms. The van der Waals surface area contributed by atoms with Crippen LogP contribution in [-0.4, -0.2) is 58.3 Å². The molecule has 0 radical (unpaired) electrons. The van der Waals surface area contributed by atoms with Crippen LogP contribution in [0, 0.1) is 11.2 Å². The second-order valence-electron chi connectivity index (χ2n) is 12.7. The van der Waals surface area contributed by atoms with E-state index >= 15 is 0 Å². The summed E-state index contributed by atoms with van der Waals surface area (Å²) in [5.74, 6) is -1.34. The lowest BCUT2D eigenvalue weighted by atomic mass is 9.53. The number of amides is 2. The van der Waals surface area contributed by atoms with Crippen LogP contribution in [0.1, 0.15) is 72.8 Å². The molecule has 4 rings (SSSR count). The van der Waals surface area contributed by atoms with Crippen molar-refractivity contribution in [2.24, 2.45) is 5.41 Å². The number of carbonyl (C=O) groups is 2. The number of nitrogens with zero attached hydrogens (tertiary/aromatic N) is 1. The minimum Gasteiger partial charge on any atom is -0.475 e. The summed E-state index contributed by atoms with van der Waals surface area (Å²) in [7, 11) is 0. The van der Waals surface area contributed by atoms with Crippen molar-refractivity contribution in [2.75, 3.05) is 6.54 Å². The van der Waals surface area contributed by atoms with Crippen molar-refractivity contribution in [1.82, 2.24) is 15.5 Å². The van der Waals surface area contributed by atoms with Gasteiger partial charge in [-0.1, -0.05) is 18.7 Å². The van der Waals surface area contributed by atoms with E-state index in [9.17, 15) is 23.5 Å². The molecule has 41 heavy (non-hydrogen) atoms. The molecular formula is C32H43F2N3O4. The van der Waals surface area contributed by atoms with Crippen molar-refractivity contribution < 1.29 is 28.2 Å². The van der Waals surface area contributed by atoms with Crippen molar-refractivity contribution >= 4 is 11.8 Å². The third kappa shape index (κ3) is 6.05. The smallest absolute Gasteiger partial charge is 0.263 e. The van der Waals surface area contributed by atoms with Gasteiger partial charge in [0, 0.05) is 41.4 Å². The van der Waals surface area contributed by atoms with Gasteiger partial charge in [-0.15, -0.1) is 0 Å². The number of piperidine rings is 1. The SMILES string of the molecule is C=C(/C=C\C(=C/C)C(=O)NCC(C)F)N1C2CCC23CC(NC(=O)C(C)(C)Oc2ccc(C(C)(C)O)cc2F)CC13. The Hall–Kier alpha value is -3.20. The lowest BCUT2D eigenvalue weighted by Crippen LogP contribution is -2.73. The highest BCUT2D eigenvalue weighted by molar-refractivity contribution is 5.96. The largest absolute Gasteiger partial charge is 0.475 e. The number of alkyl halides is 1. The first-order chi connectivity index (χ1) is 19.1. The van der Waals surface area contributed by atoms with E-state index in [0.717, 1.165) is 31.4 Å². The first kappa shape index (κ1) is 30.8. The van der Waals surface area contributed by atoms with Gasteiger partial charge in [0.1, 0.15) is 6.17 Å². The summed E-state index contributed by atoms with van der Waals surface area (Å²) in [6.07, 6.45) is 7.85. The van der Waals surface area contributed by atoms with Crippen LogP contribution >= 0.6 is 0 Å². The molecule has 2 aliphatic carbocycles. The number of ether oxygens (including phenoxy) is 1. The summed E-state index contributed by atoms with van der Waals surface area (Å²) in [6.45, 7) is 13.7. The number of likely N-dealkylation sites (tertiary alicyclic amines) is 1. The van der Waals surface area contributed by atoms with Crippen LogP contribution in [-0.2, 0) is 15.2 Å². The fourth-order valence-corrected chi connectivity index (χ4v) is 6.46. The number of rotatable bonds is 11. The molecular weight excluding hydrogens is 528 g/mol. The van der Waals surface area contributed by atoms with Crippen molar-refractivity contribution in [3.8, 4) is 5.75 Å². The van der Waals surface area contributed by atoms with Gasteiger partial charge in [0.05, 0.1) is 5.60 Å². The van der Waals surface area contributed by atoms with Gasteiger partial charge in [-0.25, -0.2) is 8.78 Å². The third-order valence-electron chi connectivity index (χ3n) is 8.81. The van der Waals surface area contributed by atoms with Gasteiger partial charge in [-0.05, 0) is 97.1 Å². The standard InChI is InChI=1S/C32H43F2N3O4/c1-8-21(28(38)35-18-19(2)33)10-9-20(3)37-26-13-14-32(26)17-23(16-27(32)37)36-29(39)31(6,7)41-25-12-11-22(15-24(25)34)30(4,5)40/h8-12,15,19,23,26-27,40H,3,13-14,16-18H2,1-2,4-7H3,(H,35,38)(H,36,39)/b10-9-,21-8+. The molecule has 1 aromatic rings. The molecule has 1 aromatic carbocycles. The van der Waals surface area contributed by atoms with Gasteiger partial charge in [-0.2, -0.15) is 0 Å². The minimum atomic E-state index is -1.31. The summed E-state index contributed by atoms with van der Waals surface area (Å²) in [5.41, 5.74) is -0.709. The average molecular weight is 572 g/mol. The predicted octanol–water partition coefficient (Wildman–Crippen LogP) is 4.81. The highest BCUT2D eigenvalue weighted by Gasteiger charge is 2.69. The molecule has 5 unspecified atom stereocenters. The van der Waals surface area contributed by atoms with E-state index < -0.39 is 23.2 Å². The van der Waals surface area contributed by atoms with Gasteiger partial charge >= 0.3 is 0 Å². The second-order valence-corrected chi connectivity index (χ2v) is 12.7. The lowest BCUT2D eigenvalue weighted by molar-refractivity contribution is -0.166. The first-order valence-electron chi connectivity index (χ1n) is 14.4. The minimum absolute atomic E-state index is 0.0397. The number of nitrogens with one attached hydrogen (secondary N) is 2. The molecule has 2 saturated carbocycles. The van der Waals surface area contributed by atoms with Crippen LogP contribution < -0.4 is 15.4 Å². The Balaban J connectivity index is 1.36. The number of hydrogen-bond acceptors (Lipinski definition) is 5. The van der Waals surface area contributed by atoms with E-state index in [1.165, 1.54) is 19.1 Å². The van der Waals surface area contributed by atoms with Crippen LogP contribution in [0.15, 0.2) is 54.3 Å². The molecule has 3 N–H and O–H groups in total. The monoisotopic (exact) mass is 571 g/mol. The molecule has 2 amide bonds. The second kappa shape index (κ2) is 11.2. The molecule has 1 heterocycles. The lowest BCUT2D eigenvalue weighted by Gasteiger charge is -2.69. The maximum atomic E-state index is 14.7. The molecule has 1 spiro atoms. The molecule has 5 atom stereocenters. The van der Waals surface area contributed by atoms with Gasteiger partial charge in [0.25, 0.3) is 11.8 Å². The zero-order valence-electron chi connectivity index (χ0n) is 24.9. The molecule has 0 bridgehead atoms. The molecule has 3 aliphatic rings. The van der Waals surface area contributed by atoms with E-state index in [4.69, 9.17) is 4.74 Å². The molecule has 1 saturated heterocycles. The van der Waals surface area contributed by atoms with Crippen LogP contribution in [0.2, 0.25) is 0 Å². The number of benzene rings is 1. The Morgan fingerprint density at radius 1 is 1.27 bits per heavy atom. The average Bonchev–Trinajstić information content (AvgIpc) is 3.24. The summed E-state index contributed by atoms with van der Waals surface area (Å²) >= 11 is 0. The number of halogens is 2. The highest BCUT2D eigenvalue weighted by atomic mass is 19.1. The molecule has 224 valence electrons.